The third kappa shape index (κ3) is 4.47. The number of nitrogens with zero attached hydrogens (tertiary/aromatic N) is 2. The first-order valence-electron chi connectivity index (χ1n) is 14.0. The van der Waals surface area contributed by atoms with E-state index in [0.29, 0.717) is 23.6 Å². The lowest BCUT2D eigenvalue weighted by Gasteiger charge is -2.36. The predicted octanol–water partition coefficient (Wildman–Crippen LogP) is 6.12. The number of H-pyrrole nitrogens is 1. The number of benzene rings is 3. The lowest BCUT2D eigenvalue weighted by molar-refractivity contribution is 0.0662. The molecule has 0 spiro atoms. The SMILES string of the molecule is CN1[C@@H]2CC[C@H]1C[C@@H](Oc1ccc(-c3n[nH]c4ccc(C(=O)N[C@@H](c5ccccc5)C5CC5)cc34)cc1)C2. The molecule has 4 atom stereocenters. The molecule has 1 aromatic heterocycles. The molecule has 1 saturated carbocycles. The van der Waals surface area contributed by atoms with Crippen molar-refractivity contribution in [1.82, 2.24) is 20.4 Å². The fraction of sp³-hybridized carbons (Fsp3) is 0.375. The molecule has 2 saturated heterocycles. The highest BCUT2D eigenvalue weighted by molar-refractivity contribution is 6.01. The number of aromatic nitrogens is 2. The van der Waals surface area contributed by atoms with E-state index in [4.69, 9.17) is 4.74 Å². The second kappa shape index (κ2) is 9.59. The topological polar surface area (TPSA) is 70.2 Å². The van der Waals surface area contributed by atoms with Crippen molar-refractivity contribution in [2.24, 2.45) is 5.92 Å². The molecule has 6 nitrogen and oxygen atoms in total. The lowest BCUT2D eigenvalue weighted by atomic mass is 10.0. The van der Waals surface area contributed by atoms with Crippen LogP contribution in [0.25, 0.3) is 22.2 Å². The molecule has 1 amide bonds. The van der Waals surface area contributed by atoms with Gasteiger partial charge in [0.05, 0.1) is 17.3 Å². The summed E-state index contributed by atoms with van der Waals surface area (Å²) >= 11 is 0. The summed E-state index contributed by atoms with van der Waals surface area (Å²) in [5.41, 5.74) is 4.59. The monoisotopic (exact) mass is 506 g/mol. The van der Waals surface area contributed by atoms with Gasteiger partial charge in [0.1, 0.15) is 11.9 Å². The van der Waals surface area contributed by atoms with Gasteiger partial charge < -0.3 is 15.0 Å². The van der Waals surface area contributed by atoms with Crippen LogP contribution in [0.15, 0.2) is 72.8 Å². The average Bonchev–Trinajstić information content (AvgIpc) is 3.67. The molecule has 3 aliphatic rings. The lowest BCUT2D eigenvalue weighted by Crippen LogP contribution is -2.43. The summed E-state index contributed by atoms with van der Waals surface area (Å²) in [6.07, 6.45) is 7.40. The van der Waals surface area contributed by atoms with Gasteiger partial charge in [-0.05, 0) is 99.5 Å². The predicted molar refractivity (Wildman–Crippen MR) is 149 cm³/mol. The number of aromatic amines is 1. The highest BCUT2D eigenvalue weighted by Crippen LogP contribution is 2.41. The fourth-order valence-electron chi connectivity index (χ4n) is 6.50. The van der Waals surface area contributed by atoms with Crippen LogP contribution in [0.1, 0.15) is 60.5 Å². The van der Waals surface area contributed by atoms with Gasteiger partial charge in [0.2, 0.25) is 0 Å². The van der Waals surface area contributed by atoms with Crippen molar-refractivity contribution in [3.63, 3.8) is 0 Å². The Labute approximate surface area is 223 Å². The van der Waals surface area contributed by atoms with Crippen LogP contribution in [0.3, 0.4) is 0 Å². The number of hydrogen-bond donors (Lipinski definition) is 2. The molecule has 4 aromatic rings. The standard InChI is InChI=1S/C32H34N4O2/c1-36-24-12-13-25(36)19-27(18-24)38-26-14-9-22(10-15-26)31-28-17-23(11-16-29(28)34-35-31)32(37)33-30(21-7-8-21)20-5-3-2-4-6-20/h2-6,9-11,14-17,21,24-25,27,30H,7-8,12-13,18-19H2,1H3,(H,33,37)(H,34,35)/t24-,25+,27+,30-/m0/s1. The van der Waals surface area contributed by atoms with Crippen molar-refractivity contribution in [1.29, 1.82) is 0 Å². The zero-order valence-corrected chi connectivity index (χ0v) is 21.8. The number of fused-ring (bicyclic) bond motifs is 3. The van der Waals surface area contributed by atoms with Crippen molar-refractivity contribution in [3.05, 3.63) is 83.9 Å². The number of rotatable bonds is 7. The Morgan fingerprint density at radius 2 is 1.71 bits per heavy atom. The van der Waals surface area contributed by atoms with E-state index in [2.05, 4.69) is 51.7 Å². The van der Waals surface area contributed by atoms with E-state index in [1.165, 1.54) is 18.4 Å². The van der Waals surface area contributed by atoms with Crippen LogP contribution in [0, 0.1) is 5.92 Å². The molecule has 6 heteroatoms. The molecule has 0 unspecified atom stereocenters. The van der Waals surface area contributed by atoms with Crippen LogP contribution < -0.4 is 10.1 Å². The highest BCUT2D eigenvalue weighted by Gasteiger charge is 2.39. The molecule has 194 valence electrons. The molecule has 2 aliphatic heterocycles. The molecule has 2 N–H and O–H groups in total. The van der Waals surface area contributed by atoms with Crippen molar-refractivity contribution < 1.29 is 9.53 Å². The summed E-state index contributed by atoms with van der Waals surface area (Å²) in [6, 6.07) is 25.7. The minimum Gasteiger partial charge on any atom is -0.490 e. The maximum atomic E-state index is 13.3. The molecule has 7 rings (SSSR count). The van der Waals surface area contributed by atoms with E-state index in [0.717, 1.165) is 53.6 Å². The summed E-state index contributed by atoms with van der Waals surface area (Å²) in [7, 11) is 2.26. The van der Waals surface area contributed by atoms with E-state index in [9.17, 15) is 4.79 Å². The number of carbonyl (C=O) groups excluding carboxylic acids is 1. The van der Waals surface area contributed by atoms with Gasteiger partial charge in [0.15, 0.2) is 0 Å². The van der Waals surface area contributed by atoms with Crippen molar-refractivity contribution in [2.45, 2.75) is 62.8 Å². The van der Waals surface area contributed by atoms with Gasteiger partial charge in [-0.15, -0.1) is 0 Å². The third-order valence-electron chi connectivity index (χ3n) is 8.85. The van der Waals surface area contributed by atoms with Crippen LogP contribution in [0.4, 0.5) is 0 Å². The molecular weight excluding hydrogens is 472 g/mol. The average molecular weight is 507 g/mol. The van der Waals surface area contributed by atoms with Gasteiger partial charge in [-0.25, -0.2) is 0 Å². The molecule has 1 aliphatic carbocycles. The molecular formula is C32H34N4O2. The van der Waals surface area contributed by atoms with E-state index in [1.54, 1.807) is 0 Å². The number of nitrogens with one attached hydrogen (secondary N) is 2. The van der Waals surface area contributed by atoms with Crippen LogP contribution in [-0.2, 0) is 0 Å². The van der Waals surface area contributed by atoms with E-state index < -0.39 is 0 Å². The maximum Gasteiger partial charge on any atom is 0.251 e. The Morgan fingerprint density at radius 1 is 0.974 bits per heavy atom. The second-order valence-corrected chi connectivity index (χ2v) is 11.3. The summed E-state index contributed by atoms with van der Waals surface area (Å²) in [5.74, 6) is 1.38. The number of carbonyl (C=O) groups is 1. The Balaban J connectivity index is 1.08. The zero-order chi connectivity index (χ0) is 25.6. The minimum absolute atomic E-state index is 0.0457. The van der Waals surface area contributed by atoms with Gasteiger partial charge in [-0.1, -0.05) is 30.3 Å². The second-order valence-electron chi connectivity index (χ2n) is 11.3. The molecule has 3 fully saturated rings. The first-order chi connectivity index (χ1) is 18.6. The third-order valence-corrected chi connectivity index (χ3v) is 8.85. The van der Waals surface area contributed by atoms with Gasteiger partial charge in [-0.2, -0.15) is 5.10 Å². The maximum absolute atomic E-state index is 13.3. The number of piperidine rings is 1. The Hall–Kier alpha value is -3.64. The number of amides is 1. The van der Waals surface area contributed by atoms with Crippen LogP contribution in [-0.4, -0.2) is 46.2 Å². The molecule has 3 aromatic carbocycles. The first-order valence-corrected chi connectivity index (χ1v) is 14.0. The number of ether oxygens (including phenoxy) is 1. The van der Waals surface area contributed by atoms with E-state index >= 15 is 0 Å². The summed E-state index contributed by atoms with van der Waals surface area (Å²) < 4.78 is 6.38. The number of hydrogen-bond acceptors (Lipinski definition) is 4. The molecule has 2 bridgehead atoms. The Morgan fingerprint density at radius 3 is 2.42 bits per heavy atom. The highest BCUT2D eigenvalue weighted by atomic mass is 16.5. The van der Waals surface area contributed by atoms with Gasteiger partial charge in [-0.3, -0.25) is 9.89 Å². The van der Waals surface area contributed by atoms with Crippen molar-refractivity contribution in [3.8, 4) is 17.0 Å². The minimum atomic E-state index is -0.0457. The van der Waals surface area contributed by atoms with Gasteiger partial charge in [0, 0.05) is 28.6 Å². The molecule has 0 radical (unpaired) electrons. The quantitative estimate of drug-likeness (QED) is 0.317. The molecule has 3 heterocycles. The van der Waals surface area contributed by atoms with E-state index in [-0.39, 0.29) is 18.1 Å². The normalized spacial score (nSPS) is 23.9. The van der Waals surface area contributed by atoms with Crippen molar-refractivity contribution >= 4 is 16.8 Å². The molecule has 38 heavy (non-hydrogen) atoms. The van der Waals surface area contributed by atoms with Crippen LogP contribution in [0.2, 0.25) is 0 Å². The summed E-state index contributed by atoms with van der Waals surface area (Å²) in [4.78, 5) is 15.9. The van der Waals surface area contributed by atoms with Gasteiger partial charge in [0.25, 0.3) is 5.91 Å². The fourth-order valence-corrected chi connectivity index (χ4v) is 6.50. The van der Waals surface area contributed by atoms with Crippen LogP contribution in [0.5, 0.6) is 5.75 Å². The summed E-state index contributed by atoms with van der Waals surface area (Å²) in [5, 5.41) is 12.0. The first kappa shape index (κ1) is 23.5. The van der Waals surface area contributed by atoms with Gasteiger partial charge >= 0.3 is 0 Å². The smallest absolute Gasteiger partial charge is 0.251 e. The van der Waals surface area contributed by atoms with Crippen molar-refractivity contribution in [2.75, 3.05) is 7.05 Å². The van der Waals surface area contributed by atoms with Crippen LogP contribution >= 0.6 is 0 Å². The summed E-state index contributed by atoms with van der Waals surface area (Å²) in [6.45, 7) is 0. The van der Waals surface area contributed by atoms with E-state index in [1.807, 2.05) is 48.5 Å². The zero-order valence-electron chi connectivity index (χ0n) is 21.8. The largest absolute Gasteiger partial charge is 0.490 e. The Kier molecular flexibility index (Phi) is 5.92. The Bertz CT molecular complexity index is 1430.